The molecule has 2 aromatic rings. The average Bonchev–Trinajstić information content (AvgIpc) is 2.71. The van der Waals surface area contributed by atoms with Crippen molar-refractivity contribution in [3.63, 3.8) is 0 Å². The Bertz CT molecular complexity index is 617. The number of aromatic carboxylic acids is 1. The molecule has 0 aromatic carbocycles. The molecule has 0 fully saturated rings. The van der Waals surface area contributed by atoms with E-state index < -0.39 is 5.97 Å². The highest BCUT2D eigenvalue weighted by Crippen LogP contribution is 2.19. The van der Waals surface area contributed by atoms with E-state index in [9.17, 15) is 9.90 Å². The lowest BCUT2D eigenvalue weighted by Crippen LogP contribution is -2.10. The van der Waals surface area contributed by atoms with Gasteiger partial charge in [0.25, 0.3) is 0 Å². The summed E-state index contributed by atoms with van der Waals surface area (Å²) in [6.45, 7) is 5.87. The van der Waals surface area contributed by atoms with Gasteiger partial charge in [-0.3, -0.25) is 0 Å². The number of carboxylic acid groups (broad SMARTS) is 1. The van der Waals surface area contributed by atoms with Crippen LogP contribution in [0.5, 0.6) is 0 Å². The molecule has 2 rings (SSSR count). The number of rotatable bonds is 4. The zero-order valence-corrected chi connectivity index (χ0v) is 11.2. The summed E-state index contributed by atoms with van der Waals surface area (Å²) in [5.74, 6) is 0.959. The number of nitrogens with zero attached hydrogens (tertiary/aromatic N) is 1. The largest absolute Gasteiger partial charge is 0.478 e. The van der Waals surface area contributed by atoms with Crippen molar-refractivity contribution < 1.29 is 14.3 Å². The fraction of sp³-hybridized carbons (Fsp3) is 0.286. The van der Waals surface area contributed by atoms with Gasteiger partial charge in [-0.05, 0) is 44.5 Å². The first kappa shape index (κ1) is 13.1. The minimum Gasteiger partial charge on any atom is -0.478 e. The van der Waals surface area contributed by atoms with E-state index in [1.165, 1.54) is 0 Å². The number of carbonyl (C=O) groups is 1. The monoisotopic (exact) mass is 260 g/mol. The molecule has 2 aromatic heterocycles. The van der Waals surface area contributed by atoms with Crippen LogP contribution in [-0.4, -0.2) is 16.1 Å². The molecule has 19 heavy (non-hydrogen) atoms. The minimum atomic E-state index is -0.983. The van der Waals surface area contributed by atoms with Crippen LogP contribution in [0.2, 0.25) is 0 Å². The molecule has 0 aliphatic rings. The van der Waals surface area contributed by atoms with Gasteiger partial charge in [0.1, 0.15) is 22.9 Å². The molecule has 0 saturated heterocycles. The summed E-state index contributed by atoms with van der Waals surface area (Å²) >= 11 is 0. The first-order valence-corrected chi connectivity index (χ1v) is 5.98. The lowest BCUT2D eigenvalue weighted by Gasteiger charge is -2.11. The fourth-order valence-electron chi connectivity index (χ4n) is 1.99. The highest BCUT2D eigenvalue weighted by Gasteiger charge is 2.15. The summed E-state index contributed by atoms with van der Waals surface area (Å²) in [5, 5.41) is 12.3. The molecule has 100 valence electrons. The molecule has 0 radical (unpaired) electrons. The van der Waals surface area contributed by atoms with E-state index in [1.807, 2.05) is 26.0 Å². The normalized spacial score (nSPS) is 10.5. The maximum atomic E-state index is 11.3. The summed E-state index contributed by atoms with van der Waals surface area (Å²) in [6.07, 6.45) is 0. The van der Waals surface area contributed by atoms with E-state index in [2.05, 4.69) is 10.3 Å². The van der Waals surface area contributed by atoms with Gasteiger partial charge in [0.05, 0.1) is 6.54 Å². The number of aryl methyl sites for hydroxylation is 3. The number of furan rings is 1. The third-order valence-electron chi connectivity index (χ3n) is 2.78. The highest BCUT2D eigenvalue weighted by atomic mass is 16.4. The SMILES string of the molecule is Cc1cc(C)c(C(=O)O)c(NCc2ccc(C)o2)n1. The molecular weight excluding hydrogens is 244 g/mol. The number of hydrogen-bond donors (Lipinski definition) is 2. The number of carboxylic acids is 1. The van der Waals surface area contributed by atoms with Crippen molar-refractivity contribution in [2.75, 3.05) is 5.32 Å². The number of nitrogens with one attached hydrogen (secondary N) is 1. The first-order chi connectivity index (χ1) is 8.97. The maximum absolute atomic E-state index is 11.3. The molecule has 5 nitrogen and oxygen atoms in total. The van der Waals surface area contributed by atoms with E-state index in [4.69, 9.17) is 4.42 Å². The summed E-state index contributed by atoms with van der Waals surface area (Å²) in [4.78, 5) is 15.5. The molecule has 0 spiro atoms. The van der Waals surface area contributed by atoms with Crippen molar-refractivity contribution in [1.29, 1.82) is 0 Å². The Kier molecular flexibility index (Phi) is 3.55. The van der Waals surface area contributed by atoms with Gasteiger partial charge < -0.3 is 14.8 Å². The molecule has 0 saturated carbocycles. The molecular formula is C14H16N2O3. The zero-order valence-electron chi connectivity index (χ0n) is 11.2. The highest BCUT2D eigenvalue weighted by molar-refractivity contribution is 5.94. The second kappa shape index (κ2) is 5.14. The van der Waals surface area contributed by atoms with Gasteiger partial charge in [0, 0.05) is 5.69 Å². The van der Waals surface area contributed by atoms with E-state index in [1.54, 1.807) is 13.0 Å². The van der Waals surface area contributed by atoms with E-state index in [-0.39, 0.29) is 5.56 Å². The van der Waals surface area contributed by atoms with E-state index >= 15 is 0 Å². The predicted octanol–water partition coefficient (Wildman–Crippen LogP) is 2.91. The number of aromatic nitrogens is 1. The topological polar surface area (TPSA) is 75.4 Å². The van der Waals surface area contributed by atoms with Crippen molar-refractivity contribution in [3.05, 3.63) is 46.5 Å². The second-order valence-corrected chi connectivity index (χ2v) is 4.48. The smallest absolute Gasteiger partial charge is 0.339 e. The van der Waals surface area contributed by atoms with Crippen molar-refractivity contribution >= 4 is 11.8 Å². The molecule has 2 heterocycles. The molecule has 2 N–H and O–H groups in total. The lowest BCUT2D eigenvalue weighted by molar-refractivity contribution is 0.0696. The maximum Gasteiger partial charge on any atom is 0.339 e. The third kappa shape index (κ3) is 2.93. The van der Waals surface area contributed by atoms with Crippen molar-refractivity contribution in [2.24, 2.45) is 0 Å². The third-order valence-corrected chi connectivity index (χ3v) is 2.78. The second-order valence-electron chi connectivity index (χ2n) is 4.48. The quantitative estimate of drug-likeness (QED) is 0.884. The Morgan fingerprint density at radius 3 is 2.68 bits per heavy atom. The molecule has 0 bridgehead atoms. The molecule has 0 aliphatic heterocycles. The van der Waals surface area contributed by atoms with Gasteiger partial charge in [-0.2, -0.15) is 0 Å². The predicted molar refractivity (Wildman–Crippen MR) is 71.4 cm³/mol. The van der Waals surface area contributed by atoms with Crippen LogP contribution in [0.15, 0.2) is 22.6 Å². The van der Waals surface area contributed by atoms with Gasteiger partial charge in [-0.1, -0.05) is 0 Å². The van der Waals surface area contributed by atoms with Crippen LogP contribution in [0.1, 0.15) is 33.1 Å². The van der Waals surface area contributed by atoms with E-state index in [0.29, 0.717) is 17.9 Å². The Balaban J connectivity index is 2.26. The summed E-state index contributed by atoms with van der Waals surface area (Å²) in [5.41, 5.74) is 1.67. The number of hydrogen-bond acceptors (Lipinski definition) is 4. The van der Waals surface area contributed by atoms with Gasteiger partial charge in [0.15, 0.2) is 0 Å². The van der Waals surface area contributed by atoms with Crippen molar-refractivity contribution in [1.82, 2.24) is 4.98 Å². The van der Waals surface area contributed by atoms with Crippen LogP contribution in [-0.2, 0) is 6.54 Å². The number of anilines is 1. The zero-order chi connectivity index (χ0) is 14.0. The minimum absolute atomic E-state index is 0.203. The van der Waals surface area contributed by atoms with Crippen LogP contribution < -0.4 is 5.32 Å². The van der Waals surface area contributed by atoms with Gasteiger partial charge in [-0.25, -0.2) is 9.78 Å². The Morgan fingerprint density at radius 1 is 1.37 bits per heavy atom. The summed E-state index contributed by atoms with van der Waals surface area (Å²) < 4.78 is 5.43. The van der Waals surface area contributed by atoms with Crippen LogP contribution in [0.25, 0.3) is 0 Å². The van der Waals surface area contributed by atoms with Gasteiger partial charge >= 0.3 is 5.97 Å². The summed E-state index contributed by atoms with van der Waals surface area (Å²) in [6, 6.07) is 5.47. The first-order valence-electron chi connectivity index (χ1n) is 5.98. The molecule has 0 aliphatic carbocycles. The van der Waals surface area contributed by atoms with E-state index in [0.717, 1.165) is 17.2 Å². The van der Waals surface area contributed by atoms with Crippen LogP contribution in [0.3, 0.4) is 0 Å². The lowest BCUT2D eigenvalue weighted by atomic mass is 10.1. The number of pyridine rings is 1. The molecule has 0 amide bonds. The average molecular weight is 260 g/mol. The Labute approximate surface area is 111 Å². The van der Waals surface area contributed by atoms with Crippen LogP contribution >= 0.6 is 0 Å². The van der Waals surface area contributed by atoms with Gasteiger partial charge in [0.2, 0.25) is 0 Å². The van der Waals surface area contributed by atoms with Crippen LogP contribution in [0, 0.1) is 20.8 Å². The molecule has 5 heteroatoms. The van der Waals surface area contributed by atoms with Crippen LogP contribution in [0.4, 0.5) is 5.82 Å². The molecule has 0 atom stereocenters. The fourth-order valence-corrected chi connectivity index (χ4v) is 1.99. The summed E-state index contributed by atoms with van der Waals surface area (Å²) in [7, 11) is 0. The standard InChI is InChI=1S/C14H16N2O3/c1-8-6-9(2)16-13(12(8)14(17)18)15-7-11-5-4-10(3)19-11/h4-6H,7H2,1-3H3,(H,15,16)(H,17,18). The van der Waals surface area contributed by atoms with Gasteiger partial charge in [-0.15, -0.1) is 0 Å². The van der Waals surface area contributed by atoms with Crippen molar-refractivity contribution in [2.45, 2.75) is 27.3 Å². The Morgan fingerprint density at radius 2 is 2.11 bits per heavy atom. The van der Waals surface area contributed by atoms with Crippen molar-refractivity contribution in [3.8, 4) is 0 Å². The molecule has 0 unspecified atom stereocenters. The Hall–Kier alpha value is -2.30.